The number of hydrogen-bond acceptors (Lipinski definition) is 6. The summed E-state index contributed by atoms with van der Waals surface area (Å²) >= 11 is 1.50. The molecule has 22 heavy (non-hydrogen) atoms. The molecular weight excluding hydrogens is 326 g/mol. The second-order valence-corrected chi connectivity index (χ2v) is 12.0. The predicted octanol–water partition coefficient (Wildman–Crippen LogP) is 1.23. The number of hydrogen-bond donors (Lipinski definition) is 3. The van der Waals surface area contributed by atoms with Gasteiger partial charge in [-0.2, -0.15) is 0 Å². The van der Waals surface area contributed by atoms with E-state index in [9.17, 15) is 14.4 Å². The van der Waals surface area contributed by atoms with E-state index >= 15 is 0 Å². The molecule has 1 aromatic rings. The van der Waals surface area contributed by atoms with E-state index < -0.39 is 32.5 Å². The summed E-state index contributed by atoms with van der Waals surface area (Å²) in [4.78, 5) is 33.5. The highest BCUT2D eigenvalue weighted by Gasteiger charge is 2.24. The summed E-state index contributed by atoms with van der Waals surface area (Å²) in [5.41, 5.74) is 9.77. The summed E-state index contributed by atoms with van der Waals surface area (Å²) in [6.07, 6.45) is -3.96. The molecule has 1 atom stereocenters. The van der Waals surface area contributed by atoms with Crippen LogP contribution in [0.15, 0.2) is 12.1 Å². The number of carbonyl (C=O) groups excluding carboxylic acids is 3. The van der Waals surface area contributed by atoms with Gasteiger partial charge in [-0.3, -0.25) is 0 Å². The van der Waals surface area contributed by atoms with Crippen LogP contribution in [-0.4, -0.2) is 32.9 Å². The second-order valence-electron chi connectivity index (χ2n) is 5.47. The van der Waals surface area contributed by atoms with Gasteiger partial charge in [-0.15, -0.1) is 11.3 Å². The van der Waals surface area contributed by atoms with E-state index in [2.05, 4.69) is 29.7 Å². The van der Waals surface area contributed by atoms with Crippen LogP contribution in [0.5, 0.6) is 0 Å². The van der Waals surface area contributed by atoms with E-state index in [4.69, 9.17) is 16.2 Å². The molecule has 122 valence electrons. The van der Waals surface area contributed by atoms with Gasteiger partial charge in [-0.05, 0) is 10.6 Å². The molecule has 3 amide bonds. The summed E-state index contributed by atoms with van der Waals surface area (Å²) in [6.45, 7) is 6.49. The molecule has 1 rings (SSSR count). The third kappa shape index (κ3) is 5.74. The summed E-state index contributed by atoms with van der Waals surface area (Å²) < 4.78 is 10.3. The Kier molecular flexibility index (Phi) is 5.94. The molecule has 1 unspecified atom stereocenters. The zero-order valence-corrected chi connectivity index (χ0v) is 14.4. The van der Waals surface area contributed by atoms with Crippen LogP contribution in [0.3, 0.4) is 0 Å². The molecule has 0 fully saturated rings. The molecule has 0 aliphatic rings. The van der Waals surface area contributed by atoms with Crippen molar-refractivity contribution in [2.45, 2.75) is 25.7 Å². The van der Waals surface area contributed by atoms with Crippen LogP contribution in [0.2, 0.25) is 19.6 Å². The molecule has 0 spiro atoms. The van der Waals surface area contributed by atoms with Gasteiger partial charge in [0.05, 0.1) is 14.6 Å². The standard InChI is InChI=1S/C12H19N3O5SSi/c1-22(2,3)9-5-4-8(21-9)7(19-10(13)16)6-15-12(18)20-11(14)17/h4-5,7H,6H2,1-3H3,(H2,13,16)(H2,14,17)(H,15,18). The largest absolute Gasteiger partial charge is 0.439 e. The molecule has 0 radical (unpaired) electrons. The van der Waals surface area contributed by atoms with Crippen LogP contribution in [0, 0.1) is 0 Å². The Bertz CT molecular complexity index is 569. The number of primary amides is 2. The first-order valence-corrected chi connectivity index (χ1v) is 10.7. The Labute approximate surface area is 132 Å². The lowest BCUT2D eigenvalue weighted by atomic mass is 10.3. The van der Waals surface area contributed by atoms with Gasteiger partial charge in [0, 0.05) is 4.88 Å². The molecule has 1 aromatic heterocycles. The maximum Gasteiger partial charge on any atom is 0.416 e. The van der Waals surface area contributed by atoms with E-state index in [1.54, 1.807) is 0 Å². The summed E-state index contributed by atoms with van der Waals surface area (Å²) in [5.74, 6) is 0. The van der Waals surface area contributed by atoms with Gasteiger partial charge in [0.1, 0.15) is 0 Å². The van der Waals surface area contributed by atoms with Crippen molar-refractivity contribution in [3.05, 3.63) is 17.0 Å². The topological polar surface area (TPSA) is 134 Å². The zero-order chi connectivity index (χ0) is 16.9. The number of nitrogens with two attached hydrogens (primary N) is 2. The van der Waals surface area contributed by atoms with Crippen molar-refractivity contribution in [3.63, 3.8) is 0 Å². The van der Waals surface area contributed by atoms with Crippen molar-refractivity contribution < 1.29 is 23.9 Å². The highest BCUT2D eigenvalue weighted by Crippen LogP contribution is 2.23. The van der Waals surface area contributed by atoms with Gasteiger partial charge in [0.15, 0.2) is 6.10 Å². The maximum absolute atomic E-state index is 11.2. The van der Waals surface area contributed by atoms with E-state index in [-0.39, 0.29) is 6.54 Å². The van der Waals surface area contributed by atoms with Crippen molar-refractivity contribution in [2.75, 3.05) is 6.54 Å². The molecule has 0 aromatic carbocycles. The number of ether oxygens (including phenoxy) is 2. The van der Waals surface area contributed by atoms with Crippen molar-refractivity contribution >= 4 is 42.2 Å². The summed E-state index contributed by atoms with van der Waals surface area (Å²) in [6, 6.07) is 3.80. The average Bonchev–Trinajstić information content (AvgIpc) is 2.82. The van der Waals surface area contributed by atoms with Crippen molar-refractivity contribution in [1.82, 2.24) is 5.32 Å². The van der Waals surface area contributed by atoms with E-state index in [0.29, 0.717) is 0 Å². The summed E-state index contributed by atoms with van der Waals surface area (Å²) in [7, 11) is -1.49. The van der Waals surface area contributed by atoms with Gasteiger partial charge in [0.2, 0.25) is 0 Å². The quantitative estimate of drug-likeness (QED) is 0.545. The van der Waals surface area contributed by atoms with Crippen LogP contribution in [-0.2, 0) is 9.47 Å². The number of thiophene rings is 1. The molecule has 0 aliphatic carbocycles. The first-order chi connectivity index (χ1) is 10.1. The second kappa shape index (κ2) is 7.27. The SMILES string of the molecule is C[Si](C)(C)c1ccc(C(CNC(=O)OC(N)=O)OC(N)=O)s1. The highest BCUT2D eigenvalue weighted by molar-refractivity contribution is 7.26. The molecule has 0 aliphatic heterocycles. The number of carbonyl (C=O) groups is 3. The Morgan fingerprint density at radius 1 is 1.23 bits per heavy atom. The minimum absolute atomic E-state index is 0.0826. The van der Waals surface area contributed by atoms with Crippen molar-refractivity contribution in [3.8, 4) is 0 Å². The summed E-state index contributed by atoms with van der Waals surface area (Å²) in [5, 5.41) is 2.29. The molecule has 1 heterocycles. The molecule has 5 N–H and O–H groups in total. The number of rotatable bonds is 5. The van der Waals surface area contributed by atoms with E-state index in [1.807, 2.05) is 12.1 Å². The molecule has 0 saturated carbocycles. The molecule has 8 nitrogen and oxygen atoms in total. The number of nitrogens with one attached hydrogen (secondary N) is 1. The molecule has 10 heteroatoms. The monoisotopic (exact) mass is 345 g/mol. The zero-order valence-electron chi connectivity index (χ0n) is 12.5. The number of alkyl carbamates (subject to hydrolysis) is 1. The minimum Gasteiger partial charge on any atom is -0.439 e. The van der Waals surface area contributed by atoms with Crippen molar-refractivity contribution in [1.29, 1.82) is 0 Å². The third-order valence-corrected chi connectivity index (χ3v) is 7.35. The lowest BCUT2D eigenvalue weighted by Gasteiger charge is -2.16. The van der Waals surface area contributed by atoms with Gasteiger partial charge in [-0.25, -0.2) is 14.4 Å². The molecule has 0 saturated heterocycles. The Morgan fingerprint density at radius 3 is 2.32 bits per heavy atom. The minimum atomic E-state index is -1.49. The Morgan fingerprint density at radius 2 is 1.86 bits per heavy atom. The fraction of sp³-hybridized carbons (Fsp3) is 0.417. The van der Waals surface area contributed by atoms with Crippen LogP contribution in [0.25, 0.3) is 0 Å². The van der Waals surface area contributed by atoms with E-state index in [0.717, 1.165) is 4.88 Å². The first kappa shape index (κ1) is 18.0. The fourth-order valence-electron chi connectivity index (χ4n) is 1.57. The highest BCUT2D eigenvalue weighted by atomic mass is 32.1. The maximum atomic E-state index is 11.2. The number of amides is 3. The smallest absolute Gasteiger partial charge is 0.416 e. The van der Waals surface area contributed by atoms with Gasteiger partial charge in [0.25, 0.3) is 0 Å². The Hall–Kier alpha value is -2.07. The average molecular weight is 345 g/mol. The van der Waals surface area contributed by atoms with Gasteiger partial charge in [-0.1, -0.05) is 25.7 Å². The normalized spacial score (nSPS) is 12.3. The van der Waals surface area contributed by atoms with Crippen molar-refractivity contribution in [2.24, 2.45) is 11.5 Å². The van der Waals surface area contributed by atoms with Gasteiger partial charge >= 0.3 is 18.3 Å². The molecule has 0 bridgehead atoms. The Balaban J connectivity index is 2.80. The van der Waals surface area contributed by atoms with Gasteiger partial charge < -0.3 is 26.3 Å². The van der Waals surface area contributed by atoms with Crippen LogP contribution in [0.4, 0.5) is 14.4 Å². The first-order valence-electron chi connectivity index (χ1n) is 6.41. The fourth-order valence-corrected chi connectivity index (χ4v) is 4.52. The third-order valence-electron chi connectivity index (χ3n) is 2.57. The molecular formula is C12H19N3O5SSi. The van der Waals surface area contributed by atoms with Crippen LogP contribution in [0.1, 0.15) is 11.0 Å². The lowest BCUT2D eigenvalue weighted by molar-refractivity contribution is 0.104. The predicted molar refractivity (Wildman–Crippen MR) is 84.8 cm³/mol. The lowest BCUT2D eigenvalue weighted by Crippen LogP contribution is -2.35. The van der Waals surface area contributed by atoms with Crippen LogP contribution >= 0.6 is 11.3 Å². The van der Waals surface area contributed by atoms with E-state index in [1.165, 1.54) is 15.8 Å². The van der Waals surface area contributed by atoms with Crippen LogP contribution < -0.4 is 21.3 Å².